The standard InChI is InChI=1S/C7H15NS/c1-2-8-7-5-3-4-6-9-7/h7-8H,2-6H2,1H3. The maximum absolute atomic E-state index is 3.45. The van der Waals surface area contributed by atoms with Gasteiger partial charge in [-0.05, 0) is 25.1 Å². The fraction of sp³-hybridized carbons (Fsp3) is 1.00. The number of nitrogens with one attached hydrogen (secondary N) is 1. The Kier molecular flexibility index (Phi) is 3.44. The molecule has 1 aliphatic heterocycles. The summed E-state index contributed by atoms with van der Waals surface area (Å²) in [5, 5.41) is 4.21. The van der Waals surface area contributed by atoms with Crippen LogP contribution in [-0.4, -0.2) is 17.7 Å². The molecule has 0 aliphatic carbocycles. The number of thioether (sulfide) groups is 1. The van der Waals surface area contributed by atoms with Crippen molar-refractivity contribution in [3.63, 3.8) is 0 Å². The van der Waals surface area contributed by atoms with E-state index in [-0.39, 0.29) is 0 Å². The van der Waals surface area contributed by atoms with Crippen LogP contribution in [0, 0.1) is 0 Å². The van der Waals surface area contributed by atoms with E-state index in [1.54, 1.807) is 0 Å². The normalized spacial score (nSPS) is 28.3. The second kappa shape index (κ2) is 4.18. The van der Waals surface area contributed by atoms with Crippen LogP contribution in [-0.2, 0) is 0 Å². The maximum Gasteiger partial charge on any atom is 0.0532 e. The van der Waals surface area contributed by atoms with Crippen molar-refractivity contribution in [1.29, 1.82) is 0 Å². The van der Waals surface area contributed by atoms with Crippen LogP contribution in [0.3, 0.4) is 0 Å². The molecule has 2 heteroatoms. The van der Waals surface area contributed by atoms with Gasteiger partial charge in [-0.2, -0.15) is 0 Å². The molecule has 1 heterocycles. The third-order valence-corrected chi connectivity index (χ3v) is 2.94. The number of hydrogen-bond donors (Lipinski definition) is 1. The van der Waals surface area contributed by atoms with Crippen LogP contribution in [0.4, 0.5) is 0 Å². The summed E-state index contributed by atoms with van der Waals surface area (Å²) in [7, 11) is 0. The average Bonchev–Trinajstić information content (AvgIpc) is 1.91. The Morgan fingerprint density at radius 1 is 1.56 bits per heavy atom. The highest BCUT2D eigenvalue weighted by Crippen LogP contribution is 2.22. The molecule has 54 valence electrons. The van der Waals surface area contributed by atoms with Crippen molar-refractivity contribution in [3.05, 3.63) is 0 Å². The zero-order chi connectivity index (χ0) is 6.53. The van der Waals surface area contributed by atoms with Gasteiger partial charge in [0.2, 0.25) is 0 Å². The third-order valence-electron chi connectivity index (χ3n) is 1.61. The molecule has 1 nitrogen and oxygen atoms in total. The minimum absolute atomic E-state index is 0.767. The van der Waals surface area contributed by atoms with Gasteiger partial charge in [0, 0.05) is 0 Å². The van der Waals surface area contributed by atoms with E-state index in [1.807, 2.05) is 0 Å². The molecule has 0 saturated carbocycles. The van der Waals surface area contributed by atoms with Crippen molar-refractivity contribution in [2.45, 2.75) is 31.6 Å². The second-order valence-electron chi connectivity index (χ2n) is 2.41. The second-order valence-corrected chi connectivity index (χ2v) is 3.72. The summed E-state index contributed by atoms with van der Waals surface area (Å²) in [5.74, 6) is 1.36. The Hall–Kier alpha value is 0.310. The molecule has 1 unspecified atom stereocenters. The van der Waals surface area contributed by atoms with Crippen molar-refractivity contribution in [1.82, 2.24) is 5.32 Å². The Bertz CT molecular complexity index is 66.6. The molecule has 1 rings (SSSR count). The summed E-state index contributed by atoms with van der Waals surface area (Å²) in [6.45, 7) is 3.30. The number of hydrogen-bond acceptors (Lipinski definition) is 2. The molecular formula is C7H15NS. The van der Waals surface area contributed by atoms with Crippen LogP contribution in [0.2, 0.25) is 0 Å². The fourth-order valence-corrected chi connectivity index (χ4v) is 2.40. The molecule has 0 amide bonds. The first kappa shape index (κ1) is 7.42. The summed E-state index contributed by atoms with van der Waals surface area (Å²) in [6, 6.07) is 0. The van der Waals surface area contributed by atoms with Gasteiger partial charge < -0.3 is 5.32 Å². The van der Waals surface area contributed by atoms with Gasteiger partial charge in [0.25, 0.3) is 0 Å². The first-order valence-electron chi connectivity index (χ1n) is 3.78. The van der Waals surface area contributed by atoms with Crippen molar-refractivity contribution in [2.75, 3.05) is 12.3 Å². The first-order valence-corrected chi connectivity index (χ1v) is 4.83. The van der Waals surface area contributed by atoms with E-state index in [1.165, 1.54) is 25.0 Å². The van der Waals surface area contributed by atoms with Crippen molar-refractivity contribution in [3.8, 4) is 0 Å². The Morgan fingerprint density at radius 3 is 3.00 bits per heavy atom. The molecule has 9 heavy (non-hydrogen) atoms. The quantitative estimate of drug-likeness (QED) is 0.636. The summed E-state index contributed by atoms with van der Waals surface area (Å²) in [5.41, 5.74) is 0. The van der Waals surface area contributed by atoms with Gasteiger partial charge in [0.15, 0.2) is 0 Å². The van der Waals surface area contributed by atoms with Gasteiger partial charge in [-0.1, -0.05) is 13.3 Å². The molecule has 1 atom stereocenters. The van der Waals surface area contributed by atoms with E-state index in [0.717, 1.165) is 11.9 Å². The Labute approximate surface area is 61.6 Å². The Morgan fingerprint density at radius 2 is 2.44 bits per heavy atom. The molecule has 0 spiro atoms. The molecule has 0 bridgehead atoms. The zero-order valence-corrected chi connectivity index (χ0v) is 6.84. The monoisotopic (exact) mass is 145 g/mol. The van der Waals surface area contributed by atoms with Crippen LogP contribution in [0.15, 0.2) is 0 Å². The molecule has 0 aromatic heterocycles. The highest BCUT2D eigenvalue weighted by atomic mass is 32.2. The highest BCUT2D eigenvalue weighted by molar-refractivity contribution is 7.99. The summed E-state index contributed by atoms with van der Waals surface area (Å²) >= 11 is 2.08. The molecule has 1 saturated heterocycles. The van der Waals surface area contributed by atoms with E-state index in [2.05, 4.69) is 24.0 Å². The van der Waals surface area contributed by atoms with Crippen LogP contribution in [0.5, 0.6) is 0 Å². The van der Waals surface area contributed by atoms with Gasteiger partial charge in [-0.15, -0.1) is 11.8 Å². The predicted molar refractivity (Wildman–Crippen MR) is 43.8 cm³/mol. The van der Waals surface area contributed by atoms with Crippen LogP contribution in [0.25, 0.3) is 0 Å². The molecule has 0 aromatic carbocycles. The largest absolute Gasteiger partial charge is 0.306 e. The van der Waals surface area contributed by atoms with Gasteiger partial charge in [-0.25, -0.2) is 0 Å². The first-order chi connectivity index (χ1) is 4.43. The molecule has 0 aromatic rings. The minimum atomic E-state index is 0.767. The molecule has 0 radical (unpaired) electrons. The van der Waals surface area contributed by atoms with Gasteiger partial charge >= 0.3 is 0 Å². The van der Waals surface area contributed by atoms with Gasteiger partial charge in [0.1, 0.15) is 0 Å². The lowest BCUT2D eigenvalue weighted by atomic mass is 10.2. The van der Waals surface area contributed by atoms with Crippen LogP contribution in [0.1, 0.15) is 26.2 Å². The van der Waals surface area contributed by atoms with Crippen LogP contribution >= 0.6 is 11.8 Å². The molecule has 1 N–H and O–H groups in total. The molecule has 1 fully saturated rings. The van der Waals surface area contributed by atoms with E-state index in [9.17, 15) is 0 Å². The lowest BCUT2D eigenvalue weighted by Crippen LogP contribution is -2.27. The smallest absolute Gasteiger partial charge is 0.0532 e. The fourth-order valence-electron chi connectivity index (χ4n) is 1.13. The van der Waals surface area contributed by atoms with E-state index in [0.29, 0.717) is 0 Å². The Balaban J connectivity index is 2.08. The molecule has 1 aliphatic rings. The van der Waals surface area contributed by atoms with Gasteiger partial charge in [0.05, 0.1) is 5.37 Å². The summed E-state index contributed by atoms with van der Waals surface area (Å²) < 4.78 is 0. The predicted octanol–water partition coefficient (Wildman–Crippen LogP) is 1.84. The number of rotatable bonds is 2. The SMILES string of the molecule is CCNC1CCCCS1. The third kappa shape index (κ3) is 2.59. The van der Waals surface area contributed by atoms with Crippen molar-refractivity contribution in [2.24, 2.45) is 0 Å². The van der Waals surface area contributed by atoms with E-state index < -0.39 is 0 Å². The topological polar surface area (TPSA) is 12.0 Å². The van der Waals surface area contributed by atoms with E-state index >= 15 is 0 Å². The van der Waals surface area contributed by atoms with E-state index in [4.69, 9.17) is 0 Å². The average molecular weight is 145 g/mol. The summed E-state index contributed by atoms with van der Waals surface area (Å²) in [6.07, 6.45) is 4.22. The zero-order valence-electron chi connectivity index (χ0n) is 6.02. The highest BCUT2D eigenvalue weighted by Gasteiger charge is 2.10. The van der Waals surface area contributed by atoms with Crippen LogP contribution < -0.4 is 5.32 Å². The molecular weight excluding hydrogens is 130 g/mol. The van der Waals surface area contributed by atoms with Crippen molar-refractivity contribution < 1.29 is 0 Å². The lowest BCUT2D eigenvalue weighted by Gasteiger charge is -2.21. The summed E-state index contributed by atoms with van der Waals surface area (Å²) in [4.78, 5) is 0. The van der Waals surface area contributed by atoms with Crippen molar-refractivity contribution >= 4 is 11.8 Å². The lowest BCUT2D eigenvalue weighted by molar-refractivity contribution is 0.582. The maximum atomic E-state index is 3.45. The van der Waals surface area contributed by atoms with Gasteiger partial charge in [-0.3, -0.25) is 0 Å². The minimum Gasteiger partial charge on any atom is -0.306 e.